The molecular weight excluding hydrogens is 682 g/mol. The number of carbonyl (C=O) groups excluding carboxylic acids is 3. The summed E-state index contributed by atoms with van der Waals surface area (Å²) in [6, 6.07) is 15.4. The highest BCUT2D eigenvalue weighted by Crippen LogP contribution is 2.39. The Morgan fingerprint density at radius 2 is 1.79 bits per heavy atom. The first-order chi connectivity index (χ1) is 25.0. The van der Waals surface area contributed by atoms with Gasteiger partial charge in [0.25, 0.3) is 5.91 Å². The summed E-state index contributed by atoms with van der Waals surface area (Å²) in [6.07, 6.45) is 5.77. The molecule has 6 heterocycles. The Balaban J connectivity index is 0.943. The van der Waals surface area contributed by atoms with Crippen LogP contribution in [0.2, 0.25) is 5.15 Å². The Kier molecular flexibility index (Phi) is 8.56. The van der Waals surface area contributed by atoms with Crippen LogP contribution in [0.5, 0.6) is 0 Å². The molecule has 0 bridgehead atoms. The summed E-state index contributed by atoms with van der Waals surface area (Å²) in [5.74, 6) is 0.744. The molecule has 0 N–H and O–H groups in total. The topological polar surface area (TPSA) is 124 Å². The van der Waals surface area contributed by atoms with Crippen LogP contribution in [0, 0.1) is 0 Å². The summed E-state index contributed by atoms with van der Waals surface area (Å²) in [4.78, 5) is 51.0. The highest BCUT2D eigenvalue weighted by atomic mass is 35.5. The zero-order valence-electron chi connectivity index (χ0n) is 29.8. The molecule has 0 saturated carbocycles. The number of amides is 3. The quantitative estimate of drug-likeness (QED) is 0.220. The van der Waals surface area contributed by atoms with E-state index in [9.17, 15) is 14.4 Å². The van der Waals surface area contributed by atoms with Crippen LogP contribution in [0.1, 0.15) is 68.0 Å². The molecule has 1 unspecified atom stereocenters. The number of likely N-dealkylation sites (tertiary alicyclic amines) is 2. The minimum absolute atomic E-state index is 0.0174. The number of para-hydroxylation sites is 2. The molecule has 3 aliphatic heterocycles. The highest BCUT2D eigenvalue weighted by Gasteiger charge is 2.40. The zero-order valence-corrected chi connectivity index (χ0v) is 30.6. The molecule has 13 nitrogen and oxygen atoms in total. The van der Waals surface area contributed by atoms with E-state index in [0.29, 0.717) is 68.5 Å². The first-order valence-electron chi connectivity index (χ1n) is 17.9. The van der Waals surface area contributed by atoms with E-state index >= 15 is 0 Å². The number of benzene rings is 2. The number of hydrogen-bond acceptors (Lipinski definition) is 7. The highest BCUT2D eigenvalue weighted by molar-refractivity contribution is 6.29. The van der Waals surface area contributed by atoms with Crippen molar-refractivity contribution in [1.82, 2.24) is 38.9 Å². The van der Waals surface area contributed by atoms with Crippen LogP contribution in [0.25, 0.3) is 22.2 Å². The van der Waals surface area contributed by atoms with Gasteiger partial charge in [-0.15, -0.1) is 5.10 Å². The SMILES string of the molecule is Cn1c(Cl)cnc1Cn1c(C(=O)N2CCC(N3CCC(n4cc(-c5cccc6c5N(C(=O)OC(C)(C)C)CC6)nn4)C3=O)CC2)cc2ccccc21. The molecule has 3 aromatic heterocycles. The Morgan fingerprint density at radius 1 is 1.00 bits per heavy atom. The lowest BCUT2D eigenvalue weighted by Crippen LogP contribution is -2.48. The number of imidazole rings is 1. The maximum atomic E-state index is 14.0. The molecule has 14 heteroatoms. The van der Waals surface area contributed by atoms with Crippen LogP contribution in [0.4, 0.5) is 10.5 Å². The molecule has 5 aromatic rings. The fraction of sp³-hybridized carbons (Fsp3) is 0.421. The van der Waals surface area contributed by atoms with Crippen molar-refractivity contribution < 1.29 is 19.1 Å². The number of rotatable bonds is 6. The molecule has 270 valence electrons. The zero-order chi connectivity index (χ0) is 36.3. The van der Waals surface area contributed by atoms with Gasteiger partial charge < -0.3 is 23.7 Å². The molecule has 2 saturated heterocycles. The maximum Gasteiger partial charge on any atom is 0.414 e. The van der Waals surface area contributed by atoms with E-state index in [-0.39, 0.29) is 17.9 Å². The number of anilines is 1. The Hall–Kier alpha value is -5.17. The molecule has 52 heavy (non-hydrogen) atoms. The monoisotopic (exact) mass is 723 g/mol. The number of fused-ring (bicyclic) bond motifs is 2. The molecule has 8 rings (SSSR count). The molecule has 2 fully saturated rings. The Bertz CT molecular complexity index is 2190. The van der Waals surface area contributed by atoms with Gasteiger partial charge in [0, 0.05) is 55.7 Å². The van der Waals surface area contributed by atoms with Gasteiger partial charge in [-0.1, -0.05) is 53.2 Å². The normalized spacial score (nSPS) is 18.1. The molecule has 3 amide bonds. The average molecular weight is 724 g/mol. The molecule has 2 aromatic carbocycles. The number of aromatic nitrogens is 6. The second-order valence-electron chi connectivity index (χ2n) is 14.9. The van der Waals surface area contributed by atoms with Crippen molar-refractivity contribution in [3.63, 3.8) is 0 Å². The van der Waals surface area contributed by atoms with Gasteiger partial charge in [0.1, 0.15) is 34.0 Å². The van der Waals surface area contributed by atoms with Crippen LogP contribution < -0.4 is 4.90 Å². The van der Waals surface area contributed by atoms with Gasteiger partial charge in [-0.2, -0.15) is 0 Å². The van der Waals surface area contributed by atoms with Gasteiger partial charge in [0.15, 0.2) is 0 Å². The van der Waals surface area contributed by atoms with E-state index in [0.717, 1.165) is 40.0 Å². The fourth-order valence-corrected chi connectivity index (χ4v) is 7.97. The van der Waals surface area contributed by atoms with Crippen molar-refractivity contribution in [2.75, 3.05) is 31.1 Å². The summed E-state index contributed by atoms with van der Waals surface area (Å²) < 4.78 is 11.2. The number of halogens is 1. The minimum atomic E-state index is -0.615. The predicted molar refractivity (Wildman–Crippen MR) is 196 cm³/mol. The standard InChI is InChI=1S/C38H42ClN9O4/c1-38(2,3)52-37(51)46-18-12-24-9-7-10-27(34(24)46)28-22-48(42-41-28)30-15-19-45(36(30)50)26-13-16-44(17-14-26)35(49)31-20-25-8-5-6-11-29(25)47(31)23-33-40-21-32(39)43(33)4/h5-11,20-22,26,30H,12-19,23H2,1-4H3. The number of hydrogen-bond donors (Lipinski definition) is 0. The van der Waals surface area contributed by atoms with E-state index in [1.807, 2.05) is 101 Å². The summed E-state index contributed by atoms with van der Waals surface area (Å²) in [5, 5.41) is 10.4. The van der Waals surface area contributed by atoms with Gasteiger partial charge in [-0.25, -0.2) is 14.5 Å². The third-order valence-electron chi connectivity index (χ3n) is 10.5. The van der Waals surface area contributed by atoms with Crippen molar-refractivity contribution in [1.29, 1.82) is 0 Å². The van der Waals surface area contributed by atoms with E-state index in [1.54, 1.807) is 15.8 Å². The van der Waals surface area contributed by atoms with E-state index in [4.69, 9.17) is 16.3 Å². The second kappa shape index (κ2) is 13.1. The van der Waals surface area contributed by atoms with Crippen molar-refractivity contribution in [3.05, 3.63) is 83.2 Å². The van der Waals surface area contributed by atoms with Gasteiger partial charge in [0.05, 0.1) is 24.6 Å². The number of piperidine rings is 1. The predicted octanol–water partition coefficient (Wildman–Crippen LogP) is 5.71. The lowest BCUT2D eigenvalue weighted by molar-refractivity contribution is -0.133. The van der Waals surface area contributed by atoms with E-state index in [2.05, 4.69) is 15.3 Å². The number of carbonyl (C=O) groups is 3. The molecule has 0 aliphatic carbocycles. The third kappa shape index (κ3) is 6.10. The maximum absolute atomic E-state index is 14.0. The lowest BCUT2D eigenvalue weighted by atomic mass is 10.0. The smallest absolute Gasteiger partial charge is 0.414 e. The number of nitrogens with zero attached hydrogens (tertiary/aromatic N) is 9. The van der Waals surface area contributed by atoms with E-state index in [1.165, 1.54) is 0 Å². The second-order valence-corrected chi connectivity index (χ2v) is 15.3. The molecule has 0 spiro atoms. The van der Waals surface area contributed by atoms with Crippen molar-refractivity contribution >= 4 is 46.1 Å². The summed E-state index contributed by atoms with van der Waals surface area (Å²) in [7, 11) is 1.87. The number of ether oxygens (including phenoxy) is 1. The first-order valence-corrected chi connectivity index (χ1v) is 18.2. The van der Waals surface area contributed by atoms with Gasteiger partial charge in [-0.3, -0.25) is 14.5 Å². The average Bonchev–Trinajstić information content (AvgIpc) is 3.96. The van der Waals surface area contributed by atoms with Crippen LogP contribution in [0.15, 0.2) is 60.9 Å². The largest absolute Gasteiger partial charge is 0.443 e. The summed E-state index contributed by atoms with van der Waals surface area (Å²) in [5.41, 5.74) is 4.17. The molecule has 1 atom stereocenters. The van der Waals surface area contributed by atoms with Crippen molar-refractivity contribution in [2.24, 2.45) is 7.05 Å². The summed E-state index contributed by atoms with van der Waals surface area (Å²) >= 11 is 6.27. The van der Waals surface area contributed by atoms with Crippen molar-refractivity contribution in [3.8, 4) is 11.3 Å². The van der Waals surface area contributed by atoms with Gasteiger partial charge >= 0.3 is 6.09 Å². The first kappa shape index (κ1) is 33.9. The van der Waals surface area contributed by atoms with Crippen LogP contribution >= 0.6 is 11.6 Å². The molecule has 0 radical (unpaired) electrons. The van der Waals surface area contributed by atoms with E-state index < -0.39 is 17.7 Å². The van der Waals surface area contributed by atoms with Crippen LogP contribution in [-0.2, 0) is 29.5 Å². The Morgan fingerprint density at radius 3 is 2.54 bits per heavy atom. The van der Waals surface area contributed by atoms with Crippen molar-refractivity contribution in [2.45, 2.75) is 70.7 Å². The summed E-state index contributed by atoms with van der Waals surface area (Å²) in [6.45, 7) is 8.22. The molecule has 3 aliphatic rings. The Labute approximate surface area is 306 Å². The van der Waals surface area contributed by atoms with Crippen LogP contribution in [-0.4, -0.2) is 94.6 Å². The minimum Gasteiger partial charge on any atom is -0.443 e. The third-order valence-corrected chi connectivity index (χ3v) is 10.8. The van der Waals surface area contributed by atoms with Crippen LogP contribution in [0.3, 0.4) is 0 Å². The lowest BCUT2D eigenvalue weighted by Gasteiger charge is -2.37. The fourth-order valence-electron chi connectivity index (χ4n) is 7.82. The molecular formula is C38H42ClN9O4. The van der Waals surface area contributed by atoms with Gasteiger partial charge in [0.2, 0.25) is 5.91 Å². The van der Waals surface area contributed by atoms with Gasteiger partial charge in [-0.05, 0) is 64.2 Å².